The topological polar surface area (TPSA) is 124 Å². The van der Waals surface area contributed by atoms with Crippen LogP contribution >= 0.6 is 23.5 Å². The molecule has 0 radical (unpaired) electrons. The van der Waals surface area contributed by atoms with Gasteiger partial charge >= 0.3 is 0 Å². The van der Waals surface area contributed by atoms with E-state index in [4.69, 9.17) is 9.47 Å². The predicted octanol–water partition coefficient (Wildman–Crippen LogP) is 5.95. The van der Waals surface area contributed by atoms with Crippen molar-refractivity contribution in [1.29, 1.82) is 0 Å². The second-order valence-electron chi connectivity index (χ2n) is 12.0. The lowest BCUT2D eigenvalue weighted by Crippen LogP contribution is -2.26. The maximum Gasteiger partial charge on any atom is 0.209 e. The number of rotatable bonds is 4. The lowest BCUT2D eigenvalue weighted by Gasteiger charge is -2.19. The van der Waals surface area contributed by atoms with Crippen molar-refractivity contribution in [2.24, 2.45) is 0 Å². The number of para-hydroxylation sites is 2. The van der Waals surface area contributed by atoms with E-state index in [0.717, 1.165) is 62.1 Å². The number of hydrogen-bond donors (Lipinski definition) is 3. The van der Waals surface area contributed by atoms with Crippen molar-refractivity contribution in [2.45, 2.75) is 48.8 Å². The Morgan fingerprint density at radius 2 is 1.02 bits per heavy atom. The van der Waals surface area contributed by atoms with Crippen molar-refractivity contribution in [2.75, 3.05) is 35.6 Å². The third-order valence-electron chi connectivity index (χ3n) is 8.22. The molecule has 7 rings (SSSR count). The average Bonchev–Trinajstić information content (AvgIpc) is 3.74. The summed E-state index contributed by atoms with van der Waals surface area (Å²) >= 11 is 3.34. The first kappa shape index (κ1) is 34.5. The van der Waals surface area contributed by atoms with Crippen LogP contribution in [-0.2, 0) is 25.9 Å². The van der Waals surface area contributed by atoms with Crippen LogP contribution in [0.5, 0.6) is 11.5 Å². The molecule has 3 heterocycles. The molecule has 4 aromatic carbocycles. The summed E-state index contributed by atoms with van der Waals surface area (Å²) in [4.78, 5) is 0. The van der Waals surface area contributed by atoms with Gasteiger partial charge in [-0.25, -0.2) is 9.35 Å². The fraction of sp³-hybridized carbons (Fsp3) is 0.263. The summed E-state index contributed by atoms with van der Waals surface area (Å²) in [5.41, 5.74) is 11.3. The van der Waals surface area contributed by atoms with Crippen LogP contribution in [-0.4, -0.2) is 65.7 Å². The summed E-state index contributed by atoms with van der Waals surface area (Å²) < 4.78 is 16.3. The summed E-state index contributed by atoms with van der Waals surface area (Å²) in [7, 11) is 0. The minimum Gasteiger partial charge on any atom is -0.490 e. The summed E-state index contributed by atoms with van der Waals surface area (Å²) in [6.07, 6.45) is 1.35. The average molecular weight is 721 g/mol. The van der Waals surface area contributed by atoms with Crippen molar-refractivity contribution in [3.63, 3.8) is 0 Å². The molecule has 11 nitrogen and oxygen atoms in total. The van der Waals surface area contributed by atoms with E-state index in [2.05, 4.69) is 55.5 Å². The smallest absolute Gasteiger partial charge is 0.209 e. The molecule has 0 spiro atoms. The van der Waals surface area contributed by atoms with E-state index in [0.29, 0.717) is 37.4 Å². The largest absolute Gasteiger partial charge is 0.490 e. The molecule has 0 saturated carbocycles. The maximum atomic E-state index is 10.9. The van der Waals surface area contributed by atoms with E-state index in [1.54, 1.807) is 23.5 Å². The van der Waals surface area contributed by atoms with Crippen LogP contribution in [0.4, 0.5) is 0 Å². The van der Waals surface area contributed by atoms with E-state index < -0.39 is 6.10 Å². The highest BCUT2D eigenvalue weighted by Gasteiger charge is 2.18. The Bertz CT molecular complexity index is 1850. The molecule has 2 aromatic heterocycles. The van der Waals surface area contributed by atoms with Gasteiger partial charge < -0.3 is 25.4 Å². The Morgan fingerprint density at radius 3 is 1.49 bits per heavy atom. The van der Waals surface area contributed by atoms with Crippen molar-refractivity contribution in [1.82, 2.24) is 29.7 Å². The van der Waals surface area contributed by atoms with Crippen LogP contribution in [0, 0.1) is 0 Å². The monoisotopic (exact) mass is 720 g/mol. The molecule has 3 N–H and O–H groups in total. The quantitative estimate of drug-likeness (QED) is 0.200. The van der Waals surface area contributed by atoms with Gasteiger partial charge in [-0.15, -0.1) is 20.4 Å². The minimum absolute atomic E-state index is 0.0779. The number of ether oxygens (including phenoxy) is 2. The van der Waals surface area contributed by atoms with Crippen molar-refractivity contribution < 1.29 is 14.6 Å². The summed E-state index contributed by atoms with van der Waals surface area (Å²) in [6, 6.07) is 36.2. The van der Waals surface area contributed by atoms with Gasteiger partial charge in [0.1, 0.15) is 30.8 Å². The Kier molecular flexibility index (Phi) is 11.7. The van der Waals surface area contributed by atoms with E-state index >= 15 is 0 Å². The molecule has 0 amide bonds. The highest BCUT2D eigenvalue weighted by molar-refractivity contribution is 8.00. The van der Waals surface area contributed by atoms with Crippen LogP contribution in [0.25, 0.3) is 0 Å². The standard InChI is InChI=1S/C38H40N8O3S2/c47-32-26-48-33-18-9-7-16-30(33)24-39-45-35(22-28-12-3-1-4-13-28)41-43-37(45)50-20-11-21-51-38-44-42-36(23-29-14-5-2-6-15-29)46(38)40-25-31-17-8-10-19-34(31)49-27-32/h1-10,12-19,32,39-40,47H,11,20-27H2. The Morgan fingerprint density at radius 1 is 0.588 bits per heavy atom. The summed E-state index contributed by atoms with van der Waals surface area (Å²) in [5, 5.41) is 30.8. The molecule has 0 bridgehead atoms. The molecule has 51 heavy (non-hydrogen) atoms. The Hall–Kier alpha value is -4.98. The predicted molar refractivity (Wildman–Crippen MR) is 201 cm³/mol. The van der Waals surface area contributed by atoms with Crippen LogP contribution in [0.2, 0.25) is 0 Å². The van der Waals surface area contributed by atoms with Gasteiger partial charge in [0.05, 0.1) is 13.1 Å². The SMILES string of the molecule is OC1COc2ccccc2CNn2c(Cc3ccccc3)nnc2SCCCSc2nnc(Cc3ccccc3)n2NCc2ccccc2OC1. The molecular weight excluding hydrogens is 681 g/mol. The summed E-state index contributed by atoms with van der Waals surface area (Å²) in [6.45, 7) is 1.11. The lowest BCUT2D eigenvalue weighted by atomic mass is 10.1. The van der Waals surface area contributed by atoms with Gasteiger partial charge in [0, 0.05) is 35.5 Å². The van der Waals surface area contributed by atoms with Gasteiger partial charge in [-0.1, -0.05) is 121 Å². The van der Waals surface area contributed by atoms with Gasteiger partial charge in [-0.05, 0) is 29.7 Å². The zero-order valence-electron chi connectivity index (χ0n) is 28.1. The Balaban J connectivity index is 1.14. The van der Waals surface area contributed by atoms with Gasteiger partial charge in [0.15, 0.2) is 11.6 Å². The second kappa shape index (κ2) is 17.3. The number of aliphatic hydroxyl groups is 1. The van der Waals surface area contributed by atoms with Gasteiger partial charge in [0.2, 0.25) is 10.3 Å². The number of nitrogens with zero attached hydrogens (tertiary/aromatic N) is 6. The fourth-order valence-electron chi connectivity index (χ4n) is 5.61. The molecule has 262 valence electrons. The van der Waals surface area contributed by atoms with E-state index in [1.807, 2.05) is 94.3 Å². The van der Waals surface area contributed by atoms with Crippen LogP contribution in [0.15, 0.2) is 120 Å². The van der Waals surface area contributed by atoms with Gasteiger partial charge in [-0.2, -0.15) is 0 Å². The number of fused-ring (bicyclic) bond motifs is 4. The van der Waals surface area contributed by atoms with Crippen LogP contribution in [0.1, 0.15) is 40.3 Å². The molecular formula is C38H40N8O3S2. The molecule has 1 aliphatic rings. The number of benzene rings is 4. The molecule has 0 saturated heterocycles. The van der Waals surface area contributed by atoms with E-state index in [1.165, 1.54) is 0 Å². The van der Waals surface area contributed by atoms with Crippen LogP contribution in [0.3, 0.4) is 0 Å². The number of aliphatic hydroxyl groups excluding tert-OH is 1. The molecule has 0 fully saturated rings. The summed E-state index contributed by atoms with van der Waals surface area (Å²) in [5.74, 6) is 4.72. The molecule has 0 aliphatic carbocycles. The third-order valence-corrected chi connectivity index (χ3v) is 10.3. The normalized spacial score (nSPS) is 14.8. The van der Waals surface area contributed by atoms with Gasteiger partial charge in [0.25, 0.3) is 0 Å². The maximum absolute atomic E-state index is 10.9. The number of aromatic nitrogens is 6. The first-order chi connectivity index (χ1) is 25.2. The first-order valence-electron chi connectivity index (χ1n) is 17.0. The highest BCUT2D eigenvalue weighted by atomic mass is 32.2. The second-order valence-corrected chi connectivity index (χ2v) is 14.1. The van der Waals surface area contributed by atoms with Gasteiger partial charge in [-0.3, -0.25) is 0 Å². The lowest BCUT2D eigenvalue weighted by molar-refractivity contribution is 0.0620. The zero-order chi connectivity index (χ0) is 34.7. The minimum atomic E-state index is -0.846. The zero-order valence-corrected chi connectivity index (χ0v) is 29.7. The first-order valence-corrected chi connectivity index (χ1v) is 19.0. The number of nitrogens with one attached hydrogen (secondary N) is 2. The van der Waals surface area contributed by atoms with Crippen molar-refractivity contribution in [3.8, 4) is 11.5 Å². The number of hydrogen-bond acceptors (Lipinski definition) is 11. The van der Waals surface area contributed by atoms with E-state index in [9.17, 15) is 5.11 Å². The molecule has 1 aliphatic heterocycles. The molecule has 0 unspecified atom stereocenters. The van der Waals surface area contributed by atoms with Crippen LogP contribution < -0.4 is 20.3 Å². The molecule has 0 atom stereocenters. The molecule has 6 aromatic rings. The van der Waals surface area contributed by atoms with E-state index in [-0.39, 0.29) is 13.2 Å². The highest BCUT2D eigenvalue weighted by Crippen LogP contribution is 2.25. The third kappa shape index (κ3) is 9.23. The number of thioether (sulfide) groups is 2. The Labute approximate surface area is 305 Å². The molecule has 13 heteroatoms. The van der Waals surface area contributed by atoms with Crippen molar-refractivity contribution in [3.05, 3.63) is 143 Å². The van der Waals surface area contributed by atoms with Crippen molar-refractivity contribution >= 4 is 23.5 Å². The fourth-order valence-corrected chi connectivity index (χ4v) is 7.53.